The van der Waals surface area contributed by atoms with Gasteiger partial charge in [0.1, 0.15) is 0 Å². The van der Waals surface area contributed by atoms with Crippen molar-refractivity contribution >= 4 is 11.9 Å². The van der Waals surface area contributed by atoms with Crippen molar-refractivity contribution in [2.24, 2.45) is 11.8 Å². The van der Waals surface area contributed by atoms with E-state index >= 15 is 0 Å². The number of ether oxygens (including phenoxy) is 1. The van der Waals surface area contributed by atoms with Crippen molar-refractivity contribution in [3.05, 3.63) is 52.8 Å². The standard InChI is InChI=1S/C20H25N3O3/c1-13-9-17(13)20(25)26-12-19(24)21-10-18-14(2)22-23(15(18)3)11-16-7-5-4-6-8-16/h4-8,13,17H,9-12H2,1-3H3,(H,21,24). The van der Waals surface area contributed by atoms with Crippen molar-refractivity contribution in [3.8, 4) is 0 Å². The van der Waals surface area contributed by atoms with E-state index < -0.39 is 0 Å². The monoisotopic (exact) mass is 355 g/mol. The second-order valence-corrected chi connectivity index (χ2v) is 7.00. The van der Waals surface area contributed by atoms with Gasteiger partial charge in [0.15, 0.2) is 6.61 Å². The highest BCUT2D eigenvalue weighted by Gasteiger charge is 2.40. The van der Waals surface area contributed by atoms with Gasteiger partial charge in [-0.3, -0.25) is 14.3 Å². The molecule has 0 bridgehead atoms. The Bertz CT molecular complexity index is 798. The maximum absolute atomic E-state index is 12.0. The van der Waals surface area contributed by atoms with E-state index in [0.717, 1.165) is 23.4 Å². The highest BCUT2D eigenvalue weighted by Crippen LogP contribution is 2.38. The molecule has 6 nitrogen and oxygen atoms in total. The molecule has 2 unspecified atom stereocenters. The van der Waals surface area contributed by atoms with Gasteiger partial charge in [-0.15, -0.1) is 0 Å². The lowest BCUT2D eigenvalue weighted by atomic mass is 10.2. The van der Waals surface area contributed by atoms with Crippen LogP contribution in [0.25, 0.3) is 0 Å². The van der Waals surface area contributed by atoms with Crippen LogP contribution in [0.3, 0.4) is 0 Å². The van der Waals surface area contributed by atoms with Crippen LogP contribution in [-0.4, -0.2) is 28.3 Å². The summed E-state index contributed by atoms with van der Waals surface area (Å²) in [5.41, 5.74) is 4.09. The number of amides is 1. The molecule has 1 aliphatic rings. The van der Waals surface area contributed by atoms with E-state index in [2.05, 4.69) is 22.5 Å². The van der Waals surface area contributed by atoms with Crippen LogP contribution in [0, 0.1) is 25.7 Å². The summed E-state index contributed by atoms with van der Waals surface area (Å²) in [4.78, 5) is 23.6. The summed E-state index contributed by atoms with van der Waals surface area (Å²) in [6, 6.07) is 10.1. The van der Waals surface area contributed by atoms with E-state index in [0.29, 0.717) is 19.0 Å². The molecule has 26 heavy (non-hydrogen) atoms. The molecule has 1 saturated carbocycles. The van der Waals surface area contributed by atoms with Gasteiger partial charge in [-0.05, 0) is 31.7 Å². The second-order valence-electron chi connectivity index (χ2n) is 7.00. The van der Waals surface area contributed by atoms with Crippen LogP contribution in [0.15, 0.2) is 30.3 Å². The van der Waals surface area contributed by atoms with Gasteiger partial charge >= 0.3 is 5.97 Å². The van der Waals surface area contributed by atoms with Gasteiger partial charge in [0.2, 0.25) is 0 Å². The number of aromatic nitrogens is 2. The van der Waals surface area contributed by atoms with Crippen molar-refractivity contribution in [1.82, 2.24) is 15.1 Å². The van der Waals surface area contributed by atoms with Gasteiger partial charge in [0, 0.05) is 17.8 Å². The van der Waals surface area contributed by atoms with Crippen LogP contribution in [0.2, 0.25) is 0 Å². The zero-order valence-electron chi connectivity index (χ0n) is 15.5. The average Bonchev–Trinajstić information content (AvgIpc) is 3.30. The van der Waals surface area contributed by atoms with Crippen LogP contribution in [-0.2, 0) is 27.4 Å². The fourth-order valence-corrected chi connectivity index (χ4v) is 3.03. The number of benzene rings is 1. The Hall–Kier alpha value is -2.63. The first kappa shape index (κ1) is 18.2. The summed E-state index contributed by atoms with van der Waals surface area (Å²) in [6.45, 7) is 6.79. The van der Waals surface area contributed by atoms with Gasteiger partial charge in [-0.25, -0.2) is 0 Å². The highest BCUT2D eigenvalue weighted by atomic mass is 16.5. The summed E-state index contributed by atoms with van der Waals surface area (Å²) in [5, 5.41) is 7.39. The first-order valence-electron chi connectivity index (χ1n) is 8.96. The number of nitrogens with zero attached hydrogens (tertiary/aromatic N) is 2. The third-order valence-electron chi connectivity index (χ3n) is 4.93. The Balaban J connectivity index is 1.53. The molecular weight excluding hydrogens is 330 g/mol. The number of carbonyl (C=O) groups is 2. The maximum Gasteiger partial charge on any atom is 0.309 e. The van der Waals surface area contributed by atoms with Crippen molar-refractivity contribution in [2.45, 2.75) is 40.3 Å². The van der Waals surface area contributed by atoms with E-state index in [1.54, 1.807) is 0 Å². The summed E-state index contributed by atoms with van der Waals surface area (Å²) < 4.78 is 7.00. The lowest BCUT2D eigenvalue weighted by Gasteiger charge is -2.08. The lowest BCUT2D eigenvalue weighted by Crippen LogP contribution is -2.29. The molecule has 1 amide bonds. The summed E-state index contributed by atoms with van der Waals surface area (Å²) in [7, 11) is 0. The molecule has 3 rings (SSSR count). The van der Waals surface area contributed by atoms with Crippen LogP contribution >= 0.6 is 0 Å². The zero-order chi connectivity index (χ0) is 18.7. The molecule has 0 aliphatic heterocycles. The molecule has 6 heteroatoms. The van der Waals surface area contributed by atoms with Gasteiger partial charge in [0.05, 0.1) is 18.2 Å². The number of hydrogen-bond donors (Lipinski definition) is 1. The number of nitrogens with one attached hydrogen (secondary N) is 1. The van der Waals surface area contributed by atoms with Gasteiger partial charge in [-0.2, -0.15) is 5.10 Å². The molecule has 0 radical (unpaired) electrons. The molecule has 1 aliphatic carbocycles. The van der Waals surface area contributed by atoms with Gasteiger partial charge < -0.3 is 10.1 Å². The van der Waals surface area contributed by atoms with Gasteiger partial charge in [-0.1, -0.05) is 37.3 Å². The van der Waals surface area contributed by atoms with Crippen LogP contribution < -0.4 is 5.32 Å². The third kappa shape index (κ3) is 4.31. The number of esters is 1. The van der Waals surface area contributed by atoms with E-state index in [4.69, 9.17) is 4.74 Å². The first-order valence-corrected chi connectivity index (χ1v) is 8.96. The number of rotatable bonds is 7. The molecule has 0 saturated heterocycles. The summed E-state index contributed by atoms with van der Waals surface area (Å²) in [6.07, 6.45) is 0.861. The number of hydrogen-bond acceptors (Lipinski definition) is 4. The minimum atomic E-state index is -0.290. The smallest absolute Gasteiger partial charge is 0.309 e. The molecule has 1 fully saturated rings. The molecule has 138 valence electrons. The second kappa shape index (κ2) is 7.72. The van der Waals surface area contributed by atoms with Gasteiger partial charge in [0.25, 0.3) is 5.91 Å². The highest BCUT2D eigenvalue weighted by molar-refractivity contribution is 5.82. The molecule has 1 aromatic carbocycles. The third-order valence-corrected chi connectivity index (χ3v) is 4.93. The average molecular weight is 355 g/mol. The SMILES string of the molecule is Cc1nn(Cc2ccccc2)c(C)c1CNC(=O)COC(=O)C1CC1C. The van der Waals surface area contributed by atoms with Crippen molar-refractivity contribution < 1.29 is 14.3 Å². The van der Waals surface area contributed by atoms with Crippen molar-refractivity contribution in [2.75, 3.05) is 6.61 Å². The van der Waals surface area contributed by atoms with Crippen LogP contribution in [0.5, 0.6) is 0 Å². The quantitative estimate of drug-likeness (QED) is 0.774. The normalized spacial score (nSPS) is 18.4. The predicted octanol–water partition coefficient (Wildman–Crippen LogP) is 2.36. The van der Waals surface area contributed by atoms with E-state index in [9.17, 15) is 9.59 Å². The number of carbonyl (C=O) groups excluding carboxylic acids is 2. The Labute approximate surface area is 153 Å². The lowest BCUT2D eigenvalue weighted by molar-refractivity contribution is -0.150. The predicted molar refractivity (Wildman–Crippen MR) is 97.3 cm³/mol. The Morgan fingerprint density at radius 2 is 1.96 bits per heavy atom. The maximum atomic E-state index is 12.0. The van der Waals surface area contributed by atoms with Crippen LogP contribution in [0.4, 0.5) is 0 Å². The largest absolute Gasteiger partial charge is 0.455 e. The molecule has 0 spiro atoms. The molecule has 1 heterocycles. The van der Waals surface area contributed by atoms with Crippen molar-refractivity contribution in [3.63, 3.8) is 0 Å². The minimum absolute atomic E-state index is 0.0245. The van der Waals surface area contributed by atoms with E-state index in [-0.39, 0.29) is 24.4 Å². The van der Waals surface area contributed by atoms with E-state index in [1.807, 2.05) is 43.7 Å². The number of aryl methyl sites for hydroxylation is 1. The minimum Gasteiger partial charge on any atom is -0.455 e. The molecule has 1 aromatic heterocycles. The fourth-order valence-electron chi connectivity index (χ4n) is 3.03. The fraction of sp³-hybridized carbons (Fsp3) is 0.450. The molecule has 1 N–H and O–H groups in total. The van der Waals surface area contributed by atoms with Crippen molar-refractivity contribution in [1.29, 1.82) is 0 Å². The Kier molecular flexibility index (Phi) is 5.40. The first-order chi connectivity index (χ1) is 12.5. The van der Waals surface area contributed by atoms with Crippen LogP contribution in [0.1, 0.15) is 35.9 Å². The summed E-state index contributed by atoms with van der Waals surface area (Å²) >= 11 is 0. The molecular formula is C20H25N3O3. The Morgan fingerprint density at radius 3 is 2.62 bits per heavy atom. The van der Waals surface area contributed by atoms with E-state index in [1.165, 1.54) is 5.56 Å². The topological polar surface area (TPSA) is 73.2 Å². The Morgan fingerprint density at radius 1 is 1.27 bits per heavy atom. The molecule has 2 aromatic rings. The summed E-state index contributed by atoms with van der Waals surface area (Å²) in [5.74, 6) is -0.202. The molecule has 2 atom stereocenters. The zero-order valence-corrected chi connectivity index (χ0v) is 15.5.